The standard InChI is InChI=1S/C11H13NOS/c1-2-8-14-11(13)12-9-10-6-4-3-5-7-10/h2-7H,1,8-9H2,(H,12,13). The van der Waals surface area contributed by atoms with Crippen LogP contribution in [0.25, 0.3) is 0 Å². The molecule has 0 aromatic heterocycles. The molecule has 0 aliphatic heterocycles. The Hall–Kier alpha value is -1.22. The van der Waals surface area contributed by atoms with Gasteiger partial charge >= 0.3 is 0 Å². The first kappa shape index (κ1) is 10.9. The van der Waals surface area contributed by atoms with Crippen molar-refractivity contribution in [2.45, 2.75) is 6.54 Å². The van der Waals surface area contributed by atoms with Crippen LogP contribution in [0.15, 0.2) is 43.0 Å². The van der Waals surface area contributed by atoms with E-state index < -0.39 is 0 Å². The number of amides is 1. The highest BCUT2D eigenvalue weighted by atomic mass is 32.2. The van der Waals surface area contributed by atoms with Crippen molar-refractivity contribution in [1.82, 2.24) is 5.32 Å². The third-order valence-electron chi connectivity index (χ3n) is 1.61. The minimum Gasteiger partial charge on any atom is -0.343 e. The summed E-state index contributed by atoms with van der Waals surface area (Å²) >= 11 is 1.23. The van der Waals surface area contributed by atoms with E-state index in [9.17, 15) is 4.79 Å². The van der Waals surface area contributed by atoms with Crippen molar-refractivity contribution < 1.29 is 4.79 Å². The zero-order chi connectivity index (χ0) is 10.2. The topological polar surface area (TPSA) is 29.1 Å². The molecule has 1 N–H and O–H groups in total. The second kappa shape index (κ2) is 6.27. The molecule has 0 radical (unpaired) electrons. The molecule has 0 saturated heterocycles. The molecule has 3 heteroatoms. The Kier molecular flexibility index (Phi) is 4.86. The molecule has 1 aromatic carbocycles. The van der Waals surface area contributed by atoms with Gasteiger partial charge in [-0.15, -0.1) is 6.58 Å². The van der Waals surface area contributed by atoms with Gasteiger partial charge in [0, 0.05) is 12.3 Å². The number of thioether (sulfide) groups is 1. The highest BCUT2D eigenvalue weighted by Gasteiger charge is 1.99. The maximum atomic E-state index is 11.2. The Morgan fingerprint density at radius 1 is 1.43 bits per heavy atom. The molecule has 74 valence electrons. The zero-order valence-electron chi connectivity index (χ0n) is 7.90. The fourth-order valence-corrected chi connectivity index (χ4v) is 1.40. The molecular weight excluding hydrogens is 194 g/mol. The maximum absolute atomic E-state index is 11.2. The van der Waals surface area contributed by atoms with Gasteiger partial charge in [-0.3, -0.25) is 4.79 Å². The van der Waals surface area contributed by atoms with E-state index in [-0.39, 0.29) is 5.24 Å². The summed E-state index contributed by atoms with van der Waals surface area (Å²) in [5.74, 6) is 0.653. The Labute approximate surface area is 88.4 Å². The summed E-state index contributed by atoms with van der Waals surface area (Å²) in [5.41, 5.74) is 1.11. The fraction of sp³-hybridized carbons (Fsp3) is 0.182. The molecule has 14 heavy (non-hydrogen) atoms. The largest absolute Gasteiger partial charge is 0.343 e. The van der Waals surface area contributed by atoms with Gasteiger partial charge < -0.3 is 5.32 Å². The highest BCUT2D eigenvalue weighted by Crippen LogP contribution is 2.03. The van der Waals surface area contributed by atoms with Crippen molar-refractivity contribution in [3.05, 3.63) is 48.6 Å². The molecule has 1 rings (SSSR count). The van der Waals surface area contributed by atoms with Crippen molar-refractivity contribution in [1.29, 1.82) is 0 Å². The lowest BCUT2D eigenvalue weighted by atomic mass is 10.2. The molecule has 0 aliphatic rings. The van der Waals surface area contributed by atoms with Crippen LogP contribution in [0.2, 0.25) is 0 Å². The van der Waals surface area contributed by atoms with Gasteiger partial charge in [-0.05, 0) is 5.56 Å². The molecule has 0 unspecified atom stereocenters. The van der Waals surface area contributed by atoms with Crippen LogP contribution >= 0.6 is 11.8 Å². The Balaban J connectivity index is 2.27. The smallest absolute Gasteiger partial charge is 0.279 e. The molecule has 1 aromatic rings. The van der Waals surface area contributed by atoms with E-state index >= 15 is 0 Å². The number of carbonyl (C=O) groups is 1. The first-order valence-electron chi connectivity index (χ1n) is 4.38. The summed E-state index contributed by atoms with van der Waals surface area (Å²) in [7, 11) is 0. The Morgan fingerprint density at radius 2 is 2.14 bits per heavy atom. The Morgan fingerprint density at radius 3 is 2.79 bits per heavy atom. The molecular formula is C11H13NOS. The number of carbonyl (C=O) groups excluding carboxylic acids is 1. The van der Waals surface area contributed by atoms with E-state index in [1.807, 2.05) is 30.3 Å². The minimum atomic E-state index is -0.00578. The van der Waals surface area contributed by atoms with E-state index in [1.165, 1.54) is 11.8 Å². The monoisotopic (exact) mass is 207 g/mol. The molecule has 2 nitrogen and oxygen atoms in total. The molecule has 0 atom stereocenters. The van der Waals surface area contributed by atoms with Crippen LogP contribution in [-0.4, -0.2) is 11.0 Å². The predicted molar refractivity (Wildman–Crippen MR) is 61.3 cm³/mol. The van der Waals surface area contributed by atoms with Gasteiger partial charge in [0.05, 0.1) is 0 Å². The maximum Gasteiger partial charge on any atom is 0.279 e. The van der Waals surface area contributed by atoms with Gasteiger partial charge in [-0.25, -0.2) is 0 Å². The second-order valence-corrected chi connectivity index (χ2v) is 3.72. The number of hydrogen-bond donors (Lipinski definition) is 1. The van der Waals surface area contributed by atoms with Crippen LogP contribution in [0, 0.1) is 0 Å². The normalized spacial score (nSPS) is 9.43. The molecule has 0 spiro atoms. The van der Waals surface area contributed by atoms with E-state index in [4.69, 9.17) is 0 Å². The molecule has 0 aliphatic carbocycles. The van der Waals surface area contributed by atoms with Crippen molar-refractivity contribution >= 4 is 17.0 Å². The lowest BCUT2D eigenvalue weighted by Crippen LogP contribution is -2.17. The van der Waals surface area contributed by atoms with Crippen LogP contribution in [0.5, 0.6) is 0 Å². The number of hydrogen-bond acceptors (Lipinski definition) is 2. The predicted octanol–water partition coefficient (Wildman–Crippen LogP) is 2.82. The number of nitrogens with one attached hydrogen (secondary N) is 1. The number of benzene rings is 1. The van der Waals surface area contributed by atoms with Crippen LogP contribution < -0.4 is 5.32 Å². The van der Waals surface area contributed by atoms with Crippen LogP contribution in [0.1, 0.15) is 5.56 Å². The minimum absolute atomic E-state index is 0.00578. The summed E-state index contributed by atoms with van der Waals surface area (Å²) in [5, 5.41) is 2.80. The molecule has 0 fully saturated rings. The summed E-state index contributed by atoms with van der Waals surface area (Å²) in [6, 6.07) is 9.84. The van der Waals surface area contributed by atoms with Crippen molar-refractivity contribution in [2.75, 3.05) is 5.75 Å². The number of rotatable bonds is 4. The van der Waals surface area contributed by atoms with E-state index in [2.05, 4.69) is 11.9 Å². The van der Waals surface area contributed by atoms with Gasteiger partial charge in [0.1, 0.15) is 0 Å². The third kappa shape index (κ3) is 4.14. The van der Waals surface area contributed by atoms with E-state index in [1.54, 1.807) is 6.08 Å². The SMILES string of the molecule is C=CCSC(=O)NCc1ccccc1. The molecule has 0 heterocycles. The van der Waals surface area contributed by atoms with Crippen molar-refractivity contribution in [3.63, 3.8) is 0 Å². The highest BCUT2D eigenvalue weighted by molar-refractivity contribution is 8.13. The van der Waals surface area contributed by atoms with Crippen LogP contribution in [0.3, 0.4) is 0 Å². The van der Waals surface area contributed by atoms with Crippen molar-refractivity contribution in [3.8, 4) is 0 Å². The Bertz CT molecular complexity index is 297. The second-order valence-electron chi connectivity index (χ2n) is 2.73. The first-order valence-corrected chi connectivity index (χ1v) is 5.37. The molecule has 0 saturated carbocycles. The quantitative estimate of drug-likeness (QED) is 0.769. The molecule has 0 bridgehead atoms. The summed E-state index contributed by atoms with van der Waals surface area (Å²) in [6.07, 6.45) is 1.72. The zero-order valence-corrected chi connectivity index (χ0v) is 8.72. The first-order chi connectivity index (χ1) is 6.83. The van der Waals surface area contributed by atoms with Gasteiger partial charge in [-0.2, -0.15) is 0 Å². The summed E-state index contributed by atoms with van der Waals surface area (Å²) in [6.45, 7) is 4.14. The summed E-state index contributed by atoms with van der Waals surface area (Å²) in [4.78, 5) is 11.2. The van der Waals surface area contributed by atoms with E-state index in [0.717, 1.165) is 5.56 Å². The van der Waals surface area contributed by atoms with Crippen LogP contribution in [-0.2, 0) is 6.54 Å². The average Bonchev–Trinajstić information content (AvgIpc) is 2.25. The lowest BCUT2D eigenvalue weighted by molar-refractivity contribution is 0.260. The molecule has 1 amide bonds. The fourth-order valence-electron chi connectivity index (χ4n) is 0.956. The third-order valence-corrected chi connectivity index (χ3v) is 2.42. The lowest BCUT2D eigenvalue weighted by Gasteiger charge is -2.02. The van der Waals surface area contributed by atoms with Crippen LogP contribution in [0.4, 0.5) is 4.79 Å². The average molecular weight is 207 g/mol. The summed E-state index contributed by atoms with van der Waals surface area (Å²) < 4.78 is 0. The van der Waals surface area contributed by atoms with Gasteiger partial charge in [0.25, 0.3) is 5.24 Å². The van der Waals surface area contributed by atoms with E-state index in [0.29, 0.717) is 12.3 Å². The van der Waals surface area contributed by atoms with Crippen molar-refractivity contribution in [2.24, 2.45) is 0 Å². The van der Waals surface area contributed by atoms with Gasteiger partial charge in [0.15, 0.2) is 0 Å². The van der Waals surface area contributed by atoms with Gasteiger partial charge in [0.2, 0.25) is 0 Å². The van der Waals surface area contributed by atoms with Gasteiger partial charge in [-0.1, -0.05) is 48.2 Å².